The number of fused-ring (bicyclic) bond motifs is 1. The maximum absolute atomic E-state index is 6.23. The Bertz CT molecular complexity index is 504. The van der Waals surface area contributed by atoms with Crippen LogP contribution in [0.25, 0.3) is 0 Å². The number of hydrogen-bond donors (Lipinski definition) is 1. The van der Waals surface area contributed by atoms with Crippen molar-refractivity contribution in [2.75, 3.05) is 19.8 Å². The maximum Gasteiger partial charge on any atom is 0.165 e. The van der Waals surface area contributed by atoms with E-state index in [2.05, 4.69) is 19.9 Å². The molecule has 0 saturated heterocycles. The Morgan fingerprint density at radius 1 is 1.10 bits per heavy atom. The molecule has 1 aromatic carbocycles. The Labute approximate surface area is 121 Å². The van der Waals surface area contributed by atoms with Crippen molar-refractivity contribution in [3.63, 3.8) is 0 Å². The van der Waals surface area contributed by atoms with Gasteiger partial charge in [-0.15, -0.1) is 0 Å². The molecule has 1 aromatic rings. The summed E-state index contributed by atoms with van der Waals surface area (Å²) in [6, 6.07) is 2.11. The SMILES string of the molecule is Cc1cc2c(c(C3(CN)CCCCC3)c1C)OCCO2. The van der Waals surface area contributed by atoms with Crippen molar-refractivity contribution in [2.45, 2.75) is 51.4 Å². The molecule has 1 saturated carbocycles. The molecule has 1 aliphatic carbocycles. The zero-order valence-corrected chi connectivity index (χ0v) is 12.6. The highest BCUT2D eigenvalue weighted by molar-refractivity contribution is 5.58. The van der Waals surface area contributed by atoms with Crippen molar-refractivity contribution in [3.8, 4) is 11.5 Å². The van der Waals surface area contributed by atoms with E-state index in [-0.39, 0.29) is 5.41 Å². The van der Waals surface area contributed by atoms with Gasteiger partial charge in [0, 0.05) is 17.5 Å². The van der Waals surface area contributed by atoms with Gasteiger partial charge < -0.3 is 15.2 Å². The summed E-state index contributed by atoms with van der Waals surface area (Å²) in [5.41, 5.74) is 10.3. The first-order valence-corrected chi connectivity index (χ1v) is 7.78. The summed E-state index contributed by atoms with van der Waals surface area (Å²) < 4.78 is 11.8. The van der Waals surface area contributed by atoms with Crippen LogP contribution in [0.4, 0.5) is 0 Å². The monoisotopic (exact) mass is 275 g/mol. The second-order valence-electron chi connectivity index (χ2n) is 6.26. The third-order valence-electron chi connectivity index (χ3n) is 5.08. The molecular formula is C17H25NO2. The van der Waals surface area contributed by atoms with Crippen LogP contribution in [0.2, 0.25) is 0 Å². The molecule has 3 rings (SSSR count). The molecule has 0 radical (unpaired) electrons. The van der Waals surface area contributed by atoms with E-state index in [1.807, 2.05) is 0 Å². The van der Waals surface area contributed by atoms with Crippen LogP contribution in [-0.2, 0) is 5.41 Å². The molecule has 2 aliphatic rings. The lowest BCUT2D eigenvalue weighted by molar-refractivity contribution is 0.163. The van der Waals surface area contributed by atoms with E-state index in [1.54, 1.807) is 0 Å². The second kappa shape index (κ2) is 5.28. The van der Waals surface area contributed by atoms with Gasteiger partial charge in [0.15, 0.2) is 11.5 Å². The van der Waals surface area contributed by atoms with Crippen molar-refractivity contribution in [2.24, 2.45) is 5.73 Å². The van der Waals surface area contributed by atoms with Crippen LogP contribution in [0.1, 0.15) is 48.8 Å². The van der Waals surface area contributed by atoms with Crippen LogP contribution in [0.5, 0.6) is 11.5 Å². The lowest BCUT2D eigenvalue weighted by atomic mass is 9.67. The van der Waals surface area contributed by atoms with Gasteiger partial charge in [0.1, 0.15) is 13.2 Å². The molecule has 1 heterocycles. The minimum atomic E-state index is 0.0825. The fourth-order valence-electron chi connectivity index (χ4n) is 3.83. The topological polar surface area (TPSA) is 44.5 Å². The van der Waals surface area contributed by atoms with E-state index in [0.29, 0.717) is 19.8 Å². The smallest absolute Gasteiger partial charge is 0.165 e. The van der Waals surface area contributed by atoms with E-state index in [9.17, 15) is 0 Å². The first-order chi connectivity index (χ1) is 9.68. The quantitative estimate of drug-likeness (QED) is 0.901. The summed E-state index contributed by atoms with van der Waals surface area (Å²) in [5, 5.41) is 0. The fraction of sp³-hybridized carbons (Fsp3) is 0.647. The molecule has 0 amide bonds. The molecule has 2 N–H and O–H groups in total. The summed E-state index contributed by atoms with van der Waals surface area (Å²) in [5.74, 6) is 1.87. The van der Waals surface area contributed by atoms with Crippen LogP contribution >= 0.6 is 0 Å². The number of benzene rings is 1. The average molecular weight is 275 g/mol. The first-order valence-electron chi connectivity index (χ1n) is 7.78. The van der Waals surface area contributed by atoms with Gasteiger partial charge in [-0.05, 0) is 43.9 Å². The molecule has 1 aliphatic heterocycles. The number of rotatable bonds is 2. The van der Waals surface area contributed by atoms with Crippen LogP contribution < -0.4 is 15.2 Å². The third-order valence-corrected chi connectivity index (χ3v) is 5.08. The van der Waals surface area contributed by atoms with Gasteiger partial charge in [-0.25, -0.2) is 0 Å². The summed E-state index contributed by atoms with van der Waals surface area (Å²) in [6.07, 6.45) is 6.19. The predicted octanol–water partition coefficient (Wildman–Crippen LogP) is 3.24. The summed E-state index contributed by atoms with van der Waals surface area (Å²) in [7, 11) is 0. The Kier molecular flexibility index (Phi) is 3.63. The molecule has 20 heavy (non-hydrogen) atoms. The third kappa shape index (κ3) is 2.08. The summed E-state index contributed by atoms with van der Waals surface area (Å²) >= 11 is 0. The number of ether oxygens (including phenoxy) is 2. The van der Waals surface area contributed by atoms with Crippen LogP contribution in [-0.4, -0.2) is 19.8 Å². The Balaban J connectivity index is 2.17. The molecule has 3 heteroatoms. The number of aryl methyl sites for hydroxylation is 1. The van der Waals surface area contributed by atoms with Gasteiger partial charge in [-0.3, -0.25) is 0 Å². The summed E-state index contributed by atoms with van der Waals surface area (Å²) in [4.78, 5) is 0. The molecule has 110 valence electrons. The lowest BCUT2D eigenvalue weighted by Crippen LogP contribution is -2.39. The molecule has 0 unspecified atom stereocenters. The number of hydrogen-bond acceptors (Lipinski definition) is 3. The van der Waals surface area contributed by atoms with Crippen LogP contribution in [0.15, 0.2) is 6.07 Å². The van der Waals surface area contributed by atoms with E-state index >= 15 is 0 Å². The van der Waals surface area contributed by atoms with E-state index in [4.69, 9.17) is 15.2 Å². The van der Waals surface area contributed by atoms with Crippen LogP contribution in [0, 0.1) is 13.8 Å². The molecule has 0 spiro atoms. The molecule has 0 atom stereocenters. The fourth-order valence-corrected chi connectivity index (χ4v) is 3.83. The second-order valence-corrected chi connectivity index (χ2v) is 6.26. The Hall–Kier alpha value is -1.22. The Morgan fingerprint density at radius 3 is 2.50 bits per heavy atom. The highest BCUT2D eigenvalue weighted by atomic mass is 16.6. The van der Waals surface area contributed by atoms with E-state index in [1.165, 1.54) is 48.8 Å². The first kappa shape index (κ1) is 13.7. The number of nitrogens with two attached hydrogens (primary N) is 1. The molecule has 0 bridgehead atoms. The normalized spacial score (nSPS) is 20.8. The van der Waals surface area contributed by atoms with Crippen molar-refractivity contribution in [3.05, 3.63) is 22.8 Å². The van der Waals surface area contributed by atoms with Crippen LogP contribution in [0.3, 0.4) is 0 Å². The van der Waals surface area contributed by atoms with Gasteiger partial charge >= 0.3 is 0 Å². The standard InChI is InChI=1S/C17H25NO2/c1-12-10-14-16(20-9-8-19-14)15(13(12)2)17(11-18)6-4-3-5-7-17/h10H,3-9,11,18H2,1-2H3. The predicted molar refractivity (Wildman–Crippen MR) is 80.7 cm³/mol. The van der Waals surface area contributed by atoms with E-state index < -0.39 is 0 Å². The highest BCUT2D eigenvalue weighted by Crippen LogP contribution is 2.49. The van der Waals surface area contributed by atoms with E-state index in [0.717, 1.165) is 11.5 Å². The minimum absolute atomic E-state index is 0.0825. The zero-order chi connectivity index (χ0) is 14.2. The van der Waals surface area contributed by atoms with Gasteiger partial charge in [0.05, 0.1) is 0 Å². The molecular weight excluding hydrogens is 250 g/mol. The lowest BCUT2D eigenvalue weighted by Gasteiger charge is -2.40. The maximum atomic E-state index is 6.23. The summed E-state index contributed by atoms with van der Waals surface area (Å²) in [6.45, 7) is 6.35. The van der Waals surface area contributed by atoms with Crippen molar-refractivity contribution < 1.29 is 9.47 Å². The van der Waals surface area contributed by atoms with Crippen molar-refractivity contribution in [1.29, 1.82) is 0 Å². The average Bonchev–Trinajstić information content (AvgIpc) is 2.49. The van der Waals surface area contributed by atoms with Crippen molar-refractivity contribution in [1.82, 2.24) is 0 Å². The van der Waals surface area contributed by atoms with Gasteiger partial charge in [0.2, 0.25) is 0 Å². The highest BCUT2D eigenvalue weighted by Gasteiger charge is 2.38. The van der Waals surface area contributed by atoms with Gasteiger partial charge in [-0.1, -0.05) is 19.3 Å². The van der Waals surface area contributed by atoms with Crippen molar-refractivity contribution >= 4 is 0 Å². The molecule has 3 nitrogen and oxygen atoms in total. The van der Waals surface area contributed by atoms with Gasteiger partial charge in [-0.2, -0.15) is 0 Å². The zero-order valence-electron chi connectivity index (χ0n) is 12.6. The largest absolute Gasteiger partial charge is 0.486 e. The molecule has 1 fully saturated rings. The minimum Gasteiger partial charge on any atom is -0.486 e. The van der Waals surface area contributed by atoms with Gasteiger partial charge in [0.25, 0.3) is 0 Å². The molecule has 0 aromatic heterocycles. The Morgan fingerprint density at radius 2 is 1.80 bits per heavy atom.